The number of nitrogens with one attached hydrogen (secondary N) is 2. The Hall–Kier alpha value is -2.51. The van der Waals surface area contributed by atoms with Crippen LogP contribution >= 0.6 is 23.4 Å². The lowest BCUT2D eigenvalue weighted by atomic mass is 10.0. The number of fused-ring (bicyclic) bond motifs is 1. The van der Waals surface area contributed by atoms with Crippen molar-refractivity contribution in [3.05, 3.63) is 70.0 Å². The maximum Gasteiger partial charge on any atom is 0.240 e. The van der Waals surface area contributed by atoms with Crippen LogP contribution in [-0.2, 0) is 11.2 Å². The van der Waals surface area contributed by atoms with Crippen molar-refractivity contribution in [2.45, 2.75) is 43.6 Å². The van der Waals surface area contributed by atoms with Crippen molar-refractivity contribution in [2.75, 3.05) is 10.7 Å². The number of benzene rings is 2. The van der Waals surface area contributed by atoms with Crippen molar-refractivity contribution < 1.29 is 4.79 Å². The number of anilines is 1. The molecule has 2 unspecified atom stereocenters. The summed E-state index contributed by atoms with van der Waals surface area (Å²) in [4.78, 5) is 13.3. The molecule has 0 bridgehead atoms. The first-order valence-corrected chi connectivity index (χ1v) is 10.7. The van der Waals surface area contributed by atoms with Gasteiger partial charge in [0.05, 0.1) is 6.04 Å². The van der Waals surface area contributed by atoms with E-state index in [1.807, 2.05) is 67.9 Å². The number of carbonyl (C=O) groups excluding carboxylic acids is 1. The molecule has 2 N–H and O–H groups in total. The molecule has 1 aromatic heterocycles. The second-order valence-electron chi connectivity index (χ2n) is 7.09. The predicted octanol–water partition coefficient (Wildman–Crippen LogP) is 4.51. The Labute approximate surface area is 179 Å². The Morgan fingerprint density at radius 2 is 1.97 bits per heavy atom. The largest absolute Gasteiger partial charge is 0.325 e. The van der Waals surface area contributed by atoms with Crippen LogP contribution in [0.4, 0.5) is 5.69 Å². The van der Waals surface area contributed by atoms with E-state index in [2.05, 4.69) is 20.9 Å². The van der Waals surface area contributed by atoms with Gasteiger partial charge in [0.2, 0.25) is 11.1 Å². The van der Waals surface area contributed by atoms with E-state index in [1.165, 1.54) is 11.8 Å². The first kappa shape index (κ1) is 19.8. The van der Waals surface area contributed by atoms with E-state index in [4.69, 9.17) is 11.6 Å². The molecular weight excluding hydrogens is 406 g/mol. The number of thioether (sulfide) groups is 1. The van der Waals surface area contributed by atoms with Crippen LogP contribution in [0.1, 0.15) is 35.5 Å². The highest BCUT2D eigenvalue weighted by Crippen LogP contribution is 2.38. The van der Waals surface area contributed by atoms with Crippen molar-refractivity contribution in [1.29, 1.82) is 0 Å². The minimum Gasteiger partial charge on any atom is -0.325 e. The Morgan fingerprint density at radius 3 is 2.69 bits per heavy atom. The summed E-state index contributed by atoms with van der Waals surface area (Å²) < 4.78 is 1.88. The highest BCUT2D eigenvalue weighted by Gasteiger charge is 2.37. The summed E-state index contributed by atoms with van der Waals surface area (Å²) in [6, 6.07) is 13.3. The molecule has 4 rings (SSSR count). The van der Waals surface area contributed by atoms with Gasteiger partial charge >= 0.3 is 0 Å². The Kier molecular flexibility index (Phi) is 5.52. The molecule has 0 saturated heterocycles. The minimum absolute atomic E-state index is 0.0801. The highest BCUT2D eigenvalue weighted by molar-refractivity contribution is 8.00. The van der Waals surface area contributed by atoms with Crippen molar-refractivity contribution in [1.82, 2.24) is 14.9 Å². The van der Waals surface area contributed by atoms with Crippen LogP contribution in [0, 0.1) is 13.8 Å². The van der Waals surface area contributed by atoms with Crippen LogP contribution in [-0.4, -0.2) is 26.0 Å². The molecule has 1 aliphatic rings. The molecular formula is C21H22ClN5OS. The van der Waals surface area contributed by atoms with Crippen molar-refractivity contribution in [2.24, 2.45) is 0 Å². The van der Waals surface area contributed by atoms with Crippen LogP contribution in [0.25, 0.3) is 0 Å². The van der Waals surface area contributed by atoms with Crippen LogP contribution in [0.15, 0.2) is 47.6 Å². The number of carbonyl (C=O) groups is 1. The summed E-state index contributed by atoms with van der Waals surface area (Å²) in [6.45, 7) is 6.03. The number of aromatic nitrogens is 3. The van der Waals surface area contributed by atoms with E-state index in [0.717, 1.165) is 34.6 Å². The standard InChI is InChI=1S/C21H22ClN5OS/c1-4-17-24-25-21-27(17)26-18(14-7-9-15(22)10-8-14)19(29-21)20(28)23-16-11-12(2)5-6-13(16)3/h5-11,18-19,26H,4H2,1-3H3,(H,23,28). The molecule has 8 heteroatoms. The number of aryl methyl sites for hydroxylation is 3. The maximum atomic E-state index is 13.3. The fourth-order valence-electron chi connectivity index (χ4n) is 3.32. The highest BCUT2D eigenvalue weighted by atomic mass is 35.5. The zero-order valence-electron chi connectivity index (χ0n) is 16.4. The Morgan fingerprint density at radius 1 is 1.21 bits per heavy atom. The lowest BCUT2D eigenvalue weighted by Crippen LogP contribution is -2.41. The van der Waals surface area contributed by atoms with Crippen LogP contribution in [0.2, 0.25) is 5.02 Å². The van der Waals surface area contributed by atoms with Crippen LogP contribution < -0.4 is 10.7 Å². The molecule has 2 aromatic carbocycles. The van der Waals surface area contributed by atoms with E-state index in [-0.39, 0.29) is 11.9 Å². The molecule has 0 radical (unpaired) electrons. The molecule has 0 aliphatic carbocycles. The van der Waals surface area contributed by atoms with Gasteiger partial charge < -0.3 is 10.7 Å². The van der Waals surface area contributed by atoms with Crippen LogP contribution in [0.5, 0.6) is 0 Å². The molecule has 2 heterocycles. The summed E-state index contributed by atoms with van der Waals surface area (Å²) in [6.07, 6.45) is 0.743. The van der Waals surface area contributed by atoms with Crippen molar-refractivity contribution >= 4 is 35.0 Å². The fraction of sp³-hybridized carbons (Fsp3) is 0.286. The number of halogens is 1. The van der Waals surface area contributed by atoms with Gasteiger partial charge in [0.1, 0.15) is 5.25 Å². The molecule has 3 aromatic rings. The predicted molar refractivity (Wildman–Crippen MR) is 117 cm³/mol. The van der Waals surface area contributed by atoms with Gasteiger partial charge in [-0.15, -0.1) is 10.2 Å². The molecule has 29 heavy (non-hydrogen) atoms. The zero-order chi connectivity index (χ0) is 20.5. The van der Waals surface area contributed by atoms with Gasteiger partial charge in [0, 0.05) is 17.1 Å². The lowest BCUT2D eigenvalue weighted by Gasteiger charge is -2.33. The molecule has 6 nitrogen and oxygen atoms in total. The van der Waals surface area contributed by atoms with E-state index < -0.39 is 5.25 Å². The number of hydrogen-bond acceptors (Lipinski definition) is 5. The quantitative estimate of drug-likeness (QED) is 0.641. The zero-order valence-corrected chi connectivity index (χ0v) is 18.0. The van der Waals surface area contributed by atoms with Gasteiger partial charge in [0.25, 0.3) is 0 Å². The second-order valence-corrected chi connectivity index (χ2v) is 8.64. The molecule has 1 amide bonds. The summed E-state index contributed by atoms with van der Waals surface area (Å²) in [7, 11) is 0. The molecule has 0 saturated carbocycles. The SMILES string of the molecule is CCc1nnc2n1NC(c1ccc(Cl)cc1)C(C(=O)Nc1cc(C)ccc1C)S2. The van der Waals surface area contributed by atoms with Gasteiger partial charge in [-0.1, -0.05) is 54.6 Å². The van der Waals surface area contributed by atoms with Gasteiger partial charge in [0.15, 0.2) is 5.82 Å². The molecule has 0 spiro atoms. The first-order chi connectivity index (χ1) is 14.0. The third kappa shape index (κ3) is 3.97. The number of amides is 1. The van der Waals surface area contributed by atoms with Gasteiger partial charge in [-0.25, -0.2) is 4.68 Å². The summed E-state index contributed by atoms with van der Waals surface area (Å²) in [5.74, 6) is 0.753. The second kappa shape index (κ2) is 8.08. The van der Waals surface area contributed by atoms with E-state index in [1.54, 1.807) is 0 Å². The maximum absolute atomic E-state index is 13.3. The lowest BCUT2D eigenvalue weighted by molar-refractivity contribution is -0.116. The normalized spacial score (nSPS) is 18.1. The summed E-state index contributed by atoms with van der Waals surface area (Å²) in [5, 5.41) is 12.5. The summed E-state index contributed by atoms with van der Waals surface area (Å²) >= 11 is 7.49. The molecule has 1 aliphatic heterocycles. The average Bonchev–Trinajstić information content (AvgIpc) is 3.12. The average molecular weight is 428 g/mol. The monoisotopic (exact) mass is 427 g/mol. The third-order valence-electron chi connectivity index (χ3n) is 4.96. The van der Waals surface area contributed by atoms with Crippen molar-refractivity contribution in [3.63, 3.8) is 0 Å². The minimum atomic E-state index is -0.419. The topological polar surface area (TPSA) is 71.8 Å². The number of nitrogens with zero attached hydrogens (tertiary/aromatic N) is 3. The van der Waals surface area contributed by atoms with Gasteiger partial charge in [-0.2, -0.15) is 0 Å². The number of hydrogen-bond donors (Lipinski definition) is 2. The van der Waals surface area contributed by atoms with Crippen LogP contribution in [0.3, 0.4) is 0 Å². The first-order valence-electron chi connectivity index (χ1n) is 9.47. The van der Waals surface area contributed by atoms with E-state index >= 15 is 0 Å². The molecule has 150 valence electrons. The van der Waals surface area contributed by atoms with E-state index in [0.29, 0.717) is 10.2 Å². The van der Waals surface area contributed by atoms with Crippen molar-refractivity contribution in [3.8, 4) is 0 Å². The Bertz CT molecular complexity index is 1050. The third-order valence-corrected chi connectivity index (χ3v) is 6.43. The van der Waals surface area contributed by atoms with E-state index in [9.17, 15) is 4.79 Å². The summed E-state index contributed by atoms with van der Waals surface area (Å²) in [5.41, 5.74) is 7.37. The molecule has 2 atom stereocenters. The fourth-order valence-corrected chi connectivity index (χ4v) is 4.55. The molecule has 0 fully saturated rings. The smallest absolute Gasteiger partial charge is 0.240 e. The number of rotatable bonds is 4. The Balaban J connectivity index is 1.68. The van der Waals surface area contributed by atoms with Gasteiger partial charge in [-0.05, 0) is 48.7 Å². The van der Waals surface area contributed by atoms with Gasteiger partial charge in [-0.3, -0.25) is 4.79 Å².